The van der Waals surface area contributed by atoms with Gasteiger partial charge in [-0.3, -0.25) is 4.79 Å². The number of nitrogens with zero attached hydrogens (tertiary/aromatic N) is 1. The minimum absolute atomic E-state index is 0.322. The van der Waals surface area contributed by atoms with Crippen molar-refractivity contribution in [3.8, 4) is 0 Å². The number of carbonyl (C=O) groups excluding carboxylic acids is 1. The Morgan fingerprint density at radius 1 is 1.78 bits per heavy atom. The van der Waals surface area contributed by atoms with E-state index >= 15 is 0 Å². The normalized spacial score (nSPS) is 26.8. The van der Waals surface area contributed by atoms with E-state index in [-0.39, 0.29) is 0 Å². The summed E-state index contributed by atoms with van der Waals surface area (Å²) in [7, 11) is 0. The van der Waals surface area contributed by atoms with Crippen LogP contribution < -0.4 is 5.73 Å². The first-order valence-electron chi connectivity index (χ1n) is 3.29. The average Bonchev–Trinajstić information content (AvgIpc) is 2.33. The summed E-state index contributed by atoms with van der Waals surface area (Å²) in [5.74, 6) is 0. The summed E-state index contributed by atoms with van der Waals surface area (Å²) in [5.41, 5.74) is 5.40. The highest BCUT2D eigenvalue weighted by atomic mass is 16.1. The molecular weight excluding hydrogens is 116 g/mol. The Bertz CT molecular complexity index is 105. The maximum absolute atomic E-state index is 10.2. The first-order valence-corrected chi connectivity index (χ1v) is 3.29. The van der Waals surface area contributed by atoms with Crippen molar-refractivity contribution < 1.29 is 4.79 Å². The highest BCUT2D eigenvalue weighted by molar-refractivity contribution is 5.48. The largest absolute Gasteiger partial charge is 0.341 e. The van der Waals surface area contributed by atoms with Gasteiger partial charge in [-0.1, -0.05) is 0 Å². The maximum atomic E-state index is 10.2. The number of nitrogens with two attached hydrogens (primary N) is 1. The number of hydrogen-bond donors (Lipinski definition) is 1. The molecule has 1 saturated heterocycles. The van der Waals surface area contributed by atoms with Crippen LogP contribution in [-0.4, -0.2) is 30.4 Å². The molecule has 1 aliphatic rings. The summed E-state index contributed by atoms with van der Waals surface area (Å²) >= 11 is 0. The van der Waals surface area contributed by atoms with Crippen molar-refractivity contribution in [1.29, 1.82) is 0 Å². The molecule has 0 aromatic rings. The van der Waals surface area contributed by atoms with Crippen LogP contribution in [0.2, 0.25) is 0 Å². The first-order chi connectivity index (χ1) is 4.38. The fourth-order valence-corrected chi connectivity index (χ4v) is 1.25. The Hall–Kier alpha value is -0.570. The lowest BCUT2D eigenvalue weighted by Gasteiger charge is -2.16. The number of rotatable bonds is 2. The van der Waals surface area contributed by atoms with Gasteiger partial charge in [0.25, 0.3) is 0 Å². The van der Waals surface area contributed by atoms with Crippen molar-refractivity contribution in [3.05, 3.63) is 0 Å². The van der Waals surface area contributed by atoms with E-state index in [0.717, 1.165) is 25.8 Å². The topological polar surface area (TPSA) is 46.3 Å². The molecule has 1 aliphatic heterocycles. The van der Waals surface area contributed by atoms with E-state index in [2.05, 4.69) is 0 Å². The van der Waals surface area contributed by atoms with Crippen molar-refractivity contribution in [1.82, 2.24) is 4.90 Å². The number of hydrogen-bond acceptors (Lipinski definition) is 2. The van der Waals surface area contributed by atoms with Gasteiger partial charge in [0, 0.05) is 19.1 Å². The quantitative estimate of drug-likeness (QED) is 0.513. The van der Waals surface area contributed by atoms with Crippen LogP contribution in [0.4, 0.5) is 0 Å². The van der Waals surface area contributed by atoms with E-state index in [1.807, 2.05) is 0 Å². The third-order valence-electron chi connectivity index (χ3n) is 1.83. The van der Waals surface area contributed by atoms with Crippen LogP contribution in [0.15, 0.2) is 0 Å². The fraction of sp³-hybridized carbons (Fsp3) is 0.833. The van der Waals surface area contributed by atoms with E-state index in [1.165, 1.54) is 0 Å². The number of carbonyl (C=O) groups is 1. The zero-order valence-corrected chi connectivity index (χ0v) is 5.42. The average molecular weight is 128 g/mol. The Kier molecular flexibility index (Phi) is 2.05. The molecule has 1 unspecified atom stereocenters. The second-order valence-corrected chi connectivity index (χ2v) is 2.37. The van der Waals surface area contributed by atoms with Gasteiger partial charge in [0.05, 0.1) is 0 Å². The van der Waals surface area contributed by atoms with Gasteiger partial charge < -0.3 is 10.6 Å². The summed E-state index contributed by atoms with van der Waals surface area (Å²) in [6.45, 7) is 1.50. The minimum atomic E-state index is 0.322. The molecule has 0 aromatic heterocycles. The molecule has 9 heavy (non-hydrogen) atoms. The highest BCUT2D eigenvalue weighted by Crippen LogP contribution is 2.12. The monoisotopic (exact) mass is 128 g/mol. The van der Waals surface area contributed by atoms with Gasteiger partial charge in [-0.2, -0.15) is 0 Å². The van der Waals surface area contributed by atoms with Gasteiger partial charge >= 0.3 is 0 Å². The van der Waals surface area contributed by atoms with Gasteiger partial charge in [0.15, 0.2) is 0 Å². The molecule has 1 amide bonds. The third-order valence-corrected chi connectivity index (χ3v) is 1.83. The molecule has 0 radical (unpaired) electrons. The molecule has 1 heterocycles. The van der Waals surface area contributed by atoms with Crippen LogP contribution in [0.5, 0.6) is 0 Å². The molecule has 0 bridgehead atoms. The van der Waals surface area contributed by atoms with Crippen LogP contribution in [0.1, 0.15) is 12.8 Å². The molecule has 0 aliphatic carbocycles. The standard InChI is InChI=1S/C6H12N2O/c7-4-6-2-1-3-8(6)5-9/h5-6H,1-4,7H2. The van der Waals surface area contributed by atoms with Crippen LogP contribution in [-0.2, 0) is 4.79 Å². The van der Waals surface area contributed by atoms with Crippen molar-refractivity contribution in [2.24, 2.45) is 5.73 Å². The smallest absolute Gasteiger partial charge is 0.209 e. The summed E-state index contributed by atoms with van der Waals surface area (Å²) in [5, 5.41) is 0. The predicted octanol–water partition coefficient (Wildman–Crippen LogP) is -0.434. The van der Waals surface area contributed by atoms with Crippen LogP contribution >= 0.6 is 0 Å². The lowest BCUT2D eigenvalue weighted by molar-refractivity contribution is -0.118. The van der Waals surface area contributed by atoms with Gasteiger partial charge in [0.1, 0.15) is 0 Å². The van der Waals surface area contributed by atoms with E-state index in [0.29, 0.717) is 12.6 Å². The van der Waals surface area contributed by atoms with E-state index < -0.39 is 0 Å². The second-order valence-electron chi connectivity index (χ2n) is 2.37. The van der Waals surface area contributed by atoms with Crippen LogP contribution in [0, 0.1) is 0 Å². The summed E-state index contributed by atoms with van der Waals surface area (Å²) in [6.07, 6.45) is 3.08. The van der Waals surface area contributed by atoms with Crippen LogP contribution in [0.3, 0.4) is 0 Å². The molecule has 1 rings (SSSR count). The van der Waals surface area contributed by atoms with Gasteiger partial charge in [-0.15, -0.1) is 0 Å². The summed E-state index contributed by atoms with van der Waals surface area (Å²) in [4.78, 5) is 12.0. The molecule has 2 N–H and O–H groups in total. The van der Waals surface area contributed by atoms with E-state index in [9.17, 15) is 4.79 Å². The first kappa shape index (κ1) is 6.55. The van der Waals surface area contributed by atoms with Crippen molar-refractivity contribution in [2.75, 3.05) is 13.1 Å². The molecule has 1 atom stereocenters. The van der Waals surface area contributed by atoms with Gasteiger partial charge in [-0.05, 0) is 12.8 Å². The SMILES string of the molecule is NCC1CCCN1C=O. The zero-order chi connectivity index (χ0) is 6.69. The molecule has 3 heteroatoms. The van der Waals surface area contributed by atoms with Gasteiger partial charge in [-0.25, -0.2) is 0 Å². The highest BCUT2D eigenvalue weighted by Gasteiger charge is 2.20. The van der Waals surface area contributed by atoms with Crippen LogP contribution in [0.25, 0.3) is 0 Å². The fourth-order valence-electron chi connectivity index (χ4n) is 1.25. The molecule has 1 fully saturated rings. The molecule has 0 aromatic carbocycles. The second kappa shape index (κ2) is 2.82. The Morgan fingerprint density at radius 2 is 2.56 bits per heavy atom. The maximum Gasteiger partial charge on any atom is 0.209 e. The van der Waals surface area contributed by atoms with E-state index in [1.54, 1.807) is 4.90 Å². The number of amides is 1. The Balaban J connectivity index is 2.41. The molecule has 0 spiro atoms. The zero-order valence-electron chi connectivity index (χ0n) is 5.42. The van der Waals surface area contributed by atoms with Crippen molar-refractivity contribution >= 4 is 6.41 Å². The lowest BCUT2D eigenvalue weighted by atomic mass is 10.2. The third kappa shape index (κ3) is 1.21. The predicted molar refractivity (Wildman–Crippen MR) is 34.8 cm³/mol. The Morgan fingerprint density at radius 3 is 3.00 bits per heavy atom. The molecule has 3 nitrogen and oxygen atoms in total. The molecule has 52 valence electrons. The minimum Gasteiger partial charge on any atom is -0.341 e. The molecular formula is C6H12N2O. The molecule has 0 saturated carbocycles. The van der Waals surface area contributed by atoms with Gasteiger partial charge in [0.2, 0.25) is 6.41 Å². The summed E-state index contributed by atoms with van der Waals surface area (Å²) in [6, 6.07) is 0.322. The lowest BCUT2D eigenvalue weighted by Crippen LogP contribution is -2.34. The van der Waals surface area contributed by atoms with E-state index in [4.69, 9.17) is 5.73 Å². The summed E-state index contributed by atoms with van der Waals surface area (Å²) < 4.78 is 0. The van der Waals surface area contributed by atoms with Crippen molar-refractivity contribution in [2.45, 2.75) is 18.9 Å². The Labute approximate surface area is 54.8 Å². The van der Waals surface area contributed by atoms with Crippen molar-refractivity contribution in [3.63, 3.8) is 0 Å². The number of likely N-dealkylation sites (tertiary alicyclic amines) is 1.